The van der Waals surface area contributed by atoms with Crippen LogP contribution in [0.15, 0.2) is 23.0 Å². The number of aryl methyl sites for hydroxylation is 1. The normalized spacial score (nSPS) is 42.9. The Bertz CT molecular complexity index is 641. The monoisotopic (exact) mass is 364 g/mol. The van der Waals surface area contributed by atoms with Crippen LogP contribution in [0.5, 0.6) is 0 Å². The molecule has 1 heterocycles. The van der Waals surface area contributed by atoms with Gasteiger partial charge in [0.25, 0.3) is 0 Å². The number of ether oxygens (including phenoxy) is 1. The summed E-state index contributed by atoms with van der Waals surface area (Å²) in [5.74, 6) is -0.647. The van der Waals surface area contributed by atoms with Crippen LogP contribution in [-0.2, 0) is 16.0 Å². The smallest absolute Gasteiger partial charge is 0.311 e. The molecule has 0 spiro atoms. The van der Waals surface area contributed by atoms with Gasteiger partial charge in [0.2, 0.25) is 0 Å². The predicted molar refractivity (Wildman–Crippen MR) is 97.3 cm³/mol. The fraction of sp³-hybridized carbons (Fsp3) is 0.762. The molecule has 5 nitrogen and oxygen atoms in total. The minimum absolute atomic E-state index is 0.0503. The van der Waals surface area contributed by atoms with Gasteiger partial charge in [-0.3, -0.25) is 4.79 Å². The Morgan fingerprint density at radius 1 is 1.38 bits per heavy atom. The second-order valence-corrected chi connectivity index (χ2v) is 8.92. The second kappa shape index (κ2) is 6.68. The van der Waals surface area contributed by atoms with Crippen molar-refractivity contribution in [2.45, 2.75) is 71.0 Å². The van der Waals surface area contributed by atoms with Gasteiger partial charge in [-0.05, 0) is 56.6 Å². The first-order chi connectivity index (χ1) is 12.2. The maximum Gasteiger partial charge on any atom is 0.311 e. The van der Waals surface area contributed by atoms with Crippen LogP contribution in [0.4, 0.5) is 0 Å². The average molecular weight is 364 g/mol. The molecule has 0 aliphatic heterocycles. The Hall–Kier alpha value is -1.33. The molecular formula is C21H32O5. The molecule has 2 saturated carbocycles. The van der Waals surface area contributed by atoms with E-state index < -0.39 is 22.5 Å². The molecule has 2 N–H and O–H groups in total. The number of fused-ring (bicyclic) bond motifs is 1. The van der Waals surface area contributed by atoms with Crippen LogP contribution in [0.2, 0.25) is 0 Å². The van der Waals surface area contributed by atoms with Gasteiger partial charge in [-0.2, -0.15) is 0 Å². The fourth-order valence-electron chi connectivity index (χ4n) is 6.19. The molecule has 1 aromatic heterocycles. The number of hydrogen-bond acceptors (Lipinski definition) is 5. The fourth-order valence-corrected chi connectivity index (χ4v) is 6.19. The number of carbonyl (C=O) groups is 1. The molecule has 5 heteroatoms. The van der Waals surface area contributed by atoms with Gasteiger partial charge in [0, 0.05) is 11.3 Å². The number of furan rings is 1. The first kappa shape index (κ1) is 19.4. The van der Waals surface area contributed by atoms with E-state index in [1.165, 1.54) is 7.11 Å². The summed E-state index contributed by atoms with van der Waals surface area (Å²) in [6, 6.07) is 1.92. The Kier molecular flexibility index (Phi) is 4.99. The van der Waals surface area contributed by atoms with Gasteiger partial charge in [-0.25, -0.2) is 0 Å². The number of rotatable bonds is 4. The molecule has 0 bridgehead atoms. The van der Waals surface area contributed by atoms with Crippen LogP contribution in [0.3, 0.4) is 0 Å². The molecule has 2 aliphatic rings. The third-order valence-corrected chi connectivity index (χ3v) is 7.58. The largest absolute Gasteiger partial charge is 0.472 e. The van der Waals surface area contributed by atoms with Crippen molar-refractivity contribution in [1.82, 2.24) is 0 Å². The molecule has 6 atom stereocenters. The lowest BCUT2D eigenvalue weighted by molar-refractivity contribution is -0.249. The molecule has 2 aliphatic carbocycles. The van der Waals surface area contributed by atoms with Crippen molar-refractivity contribution in [3.63, 3.8) is 0 Å². The van der Waals surface area contributed by atoms with E-state index in [0.717, 1.165) is 18.4 Å². The van der Waals surface area contributed by atoms with Gasteiger partial charge in [-0.1, -0.05) is 20.3 Å². The van der Waals surface area contributed by atoms with E-state index in [0.29, 0.717) is 25.7 Å². The molecule has 2 fully saturated rings. The maximum absolute atomic E-state index is 12.6. The van der Waals surface area contributed by atoms with Crippen LogP contribution in [0.1, 0.15) is 58.4 Å². The highest BCUT2D eigenvalue weighted by Crippen LogP contribution is 2.64. The van der Waals surface area contributed by atoms with Crippen LogP contribution < -0.4 is 0 Å². The van der Waals surface area contributed by atoms with Crippen LogP contribution >= 0.6 is 0 Å². The summed E-state index contributed by atoms with van der Waals surface area (Å²) in [5, 5.41) is 22.9. The predicted octanol–water partition coefficient (Wildman–Crippen LogP) is 3.33. The van der Waals surface area contributed by atoms with E-state index in [1.54, 1.807) is 12.5 Å². The molecule has 146 valence electrons. The van der Waals surface area contributed by atoms with E-state index >= 15 is 0 Å². The summed E-state index contributed by atoms with van der Waals surface area (Å²) in [5.41, 5.74) is -1.22. The van der Waals surface area contributed by atoms with Gasteiger partial charge in [0.1, 0.15) is 0 Å². The maximum atomic E-state index is 12.6. The van der Waals surface area contributed by atoms with E-state index in [2.05, 4.69) is 6.92 Å². The number of aliphatic hydroxyl groups is 2. The quantitative estimate of drug-likeness (QED) is 0.801. The highest BCUT2D eigenvalue weighted by molar-refractivity contribution is 5.77. The summed E-state index contributed by atoms with van der Waals surface area (Å²) in [6.45, 7) is 5.98. The van der Waals surface area contributed by atoms with Gasteiger partial charge in [0.05, 0.1) is 36.8 Å². The lowest BCUT2D eigenvalue weighted by Gasteiger charge is -2.64. The zero-order valence-electron chi connectivity index (χ0n) is 16.3. The Morgan fingerprint density at radius 3 is 2.73 bits per heavy atom. The summed E-state index contributed by atoms with van der Waals surface area (Å²) in [6.07, 6.45) is 6.86. The number of esters is 1. The summed E-state index contributed by atoms with van der Waals surface area (Å²) in [7, 11) is 1.41. The number of aliphatic hydroxyl groups excluding tert-OH is 1. The third-order valence-electron chi connectivity index (χ3n) is 7.58. The van der Waals surface area contributed by atoms with Gasteiger partial charge >= 0.3 is 5.97 Å². The van der Waals surface area contributed by atoms with Crippen molar-refractivity contribution < 1.29 is 24.2 Å². The highest BCUT2D eigenvalue weighted by Gasteiger charge is 2.66. The minimum atomic E-state index is -0.954. The summed E-state index contributed by atoms with van der Waals surface area (Å²) in [4.78, 5) is 12.6. The second-order valence-electron chi connectivity index (χ2n) is 8.92. The standard InChI is InChI=1S/C21H32O5/c1-14-12-16(22)17-19(2,18(23)25-4)8-5-9-20(17,3)21(14,24)10-6-15-7-11-26-13-15/h7,11,13-14,16-17,22,24H,5-6,8-10,12H2,1-4H3/t14-,16?,17?,19+,20+,21-/m1/s1. The highest BCUT2D eigenvalue weighted by atomic mass is 16.5. The van der Waals surface area contributed by atoms with Crippen molar-refractivity contribution >= 4 is 5.97 Å². The van der Waals surface area contributed by atoms with Crippen molar-refractivity contribution in [2.75, 3.05) is 7.11 Å². The molecule has 0 radical (unpaired) electrons. The first-order valence-electron chi connectivity index (χ1n) is 9.69. The summed E-state index contributed by atoms with van der Waals surface area (Å²) >= 11 is 0. The molecule has 26 heavy (non-hydrogen) atoms. The SMILES string of the molecule is COC(=O)[C@@]1(C)CCC[C@@]2(C)C1C(O)C[C@@H](C)[C@]2(O)CCc1ccoc1. The molecule has 0 amide bonds. The number of methoxy groups -OCH3 is 1. The van der Waals surface area contributed by atoms with E-state index in [-0.39, 0.29) is 17.8 Å². The van der Waals surface area contributed by atoms with Gasteiger partial charge < -0.3 is 19.4 Å². The topological polar surface area (TPSA) is 79.9 Å². The lowest BCUT2D eigenvalue weighted by Crippen LogP contribution is -2.68. The van der Waals surface area contributed by atoms with Crippen molar-refractivity contribution in [3.05, 3.63) is 24.2 Å². The van der Waals surface area contributed by atoms with Crippen LogP contribution in [-0.4, -0.2) is 35.0 Å². The number of hydrogen-bond donors (Lipinski definition) is 2. The van der Waals surface area contributed by atoms with Gasteiger partial charge in [-0.15, -0.1) is 0 Å². The molecule has 1 aromatic rings. The lowest BCUT2D eigenvalue weighted by atomic mass is 9.43. The zero-order valence-corrected chi connectivity index (χ0v) is 16.3. The molecular weight excluding hydrogens is 332 g/mol. The Labute approximate surface area is 155 Å². The van der Waals surface area contributed by atoms with Crippen molar-refractivity contribution in [1.29, 1.82) is 0 Å². The van der Waals surface area contributed by atoms with Crippen molar-refractivity contribution in [2.24, 2.45) is 22.7 Å². The van der Waals surface area contributed by atoms with Crippen LogP contribution in [0, 0.1) is 22.7 Å². The zero-order chi connectivity index (χ0) is 19.2. The third kappa shape index (κ3) is 2.71. The number of carbonyl (C=O) groups excluding carboxylic acids is 1. The molecule has 2 unspecified atom stereocenters. The van der Waals surface area contributed by atoms with Crippen LogP contribution in [0.25, 0.3) is 0 Å². The minimum Gasteiger partial charge on any atom is -0.472 e. The molecule has 3 rings (SSSR count). The Balaban J connectivity index is 1.98. The molecule has 0 aromatic carbocycles. The van der Waals surface area contributed by atoms with Gasteiger partial charge in [0.15, 0.2) is 0 Å². The first-order valence-corrected chi connectivity index (χ1v) is 9.69. The van der Waals surface area contributed by atoms with E-state index in [4.69, 9.17) is 9.15 Å². The summed E-state index contributed by atoms with van der Waals surface area (Å²) < 4.78 is 10.3. The van der Waals surface area contributed by atoms with Crippen molar-refractivity contribution in [3.8, 4) is 0 Å². The molecule has 0 saturated heterocycles. The Morgan fingerprint density at radius 2 is 2.12 bits per heavy atom. The van der Waals surface area contributed by atoms with E-state index in [1.807, 2.05) is 19.9 Å². The average Bonchev–Trinajstić information content (AvgIpc) is 3.11. The van der Waals surface area contributed by atoms with E-state index in [9.17, 15) is 15.0 Å².